The molecule has 2 aromatic carbocycles. The third-order valence-corrected chi connectivity index (χ3v) is 5.69. The highest BCUT2D eigenvalue weighted by Gasteiger charge is 2.34. The highest BCUT2D eigenvalue weighted by molar-refractivity contribution is 7.80. The number of ether oxygens (including phenoxy) is 2. The van der Waals surface area contributed by atoms with Crippen molar-refractivity contribution in [3.63, 3.8) is 0 Å². The summed E-state index contributed by atoms with van der Waals surface area (Å²) in [4.78, 5) is 15.4. The van der Waals surface area contributed by atoms with Crippen LogP contribution in [0.1, 0.15) is 42.7 Å². The number of hydrogen-bond acceptors (Lipinski definition) is 4. The summed E-state index contributed by atoms with van der Waals surface area (Å²) in [5, 5.41) is 4.30. The second-order valence-corrected chi connectivity index (χ2v) is 7.58. The van der Waals surface area contributed by atoms with Crippen LogP contribution in [0.3, 0.4) is 0 Å². The Hall–Kier alpha value is -2.57. The molecule has 0 spiro atoms. The number of thiocarbonyl (C=S) groups is 1. The van der Waals surface area contributed by atoms with Crippen LogP contribution in [0, 0.1) is 0 Å². The summed E-state index contributed by atoms with van der Waals surface area (Å²) in [6.45, 7) is 6.92. The molecule has 0 aromatic heterocycles. The van der Waals surface area contributed by atoms with Crippen molar-refractivity contribution in [2.75, 3.05) is 20.3 Å². The SMILES string of the molecule is CCOc1c(Cl)cc(C2NC(=S)N(CC)C(C)=C2C(=O)c2ccccc2)cc1OC. The van der Waals surface area contributed by atoms with Gasteiger partial charge in [-0.05, 0) is 50.7 Å². The number of Topliss-reactive ketones (excluding diaryl/α,β-unsaturated/α-hetero) is 1. The van der Waals surface area contributed by atoms with E-state index in [1.54, 1.807) is 13.2 Å². The van der Waals surface area contributed by atoms with Crippen LogP contribution in [0.25, 0.3) is 0 Å². The fourth-order valence-electron chi connectivity index (χ4n) is 3.64. The lowest BCUT2D eigenvalue weighted by atomic mass is 9.89. The average molecular weight is 445 g/mol. The van der Waals surface area contributed by atoms with Gasteiger partial charge in [-0.25, -0.2) is 0 Å². The van der Waals surface area contributed by atoms with Gasteiger partial charge in [0.1, 0.15) is 0 Å². The van der Waals surface area contributed by atoms with Gasteiger partial charge in [-0.2, -0.15) is 0 Å². The molecule has 7 heteroatoms. The number of nitrogens with one attached hydrogen (secondary N) is 1. The fourth-order valence-corrected chi connectivity index (χ4v) is 4.30. The van der Waals surface area contributed by atoms with E-state index in [4.69, 9.17) is 33.3 Å². The third kappa shape index (κ3) is 4.16. The molecule has 0 saturated carbocycles. The zero-order valence-electron chi connectivity index (χ0n) is 17.5. The number of allylic oxidation sites excluding steroid dienone is 1. The highest BCUT2D eigenvalue weighted by atomic mass is 35.5. The summed E-state index contributed by atoms with van der Waals surface area (Å²) < 4.78 is 11.1. The number of benzene rings is 2. The van der Waals surface area contributed by atoms with Crippen molar-refractivity contribution in [3.05, 3.63) is 69.9 Å². The summed E-state index contributed by atoms with van der Waals surface area (Å²) >= 11 is 12.1. The quantitative estimate of drug-likeness (QED) is 0.470. The van der Waals surface area contributed by atoms with Gasteiger partial charge in [0, 0.05) is 23.4 Å². The van der Waals surface area contributed by atoms with Crippen LogP contribution in [0.15, 0.2) is 53.7 Å². The van der Waals surface area contributed by atoms with E-state index < -0.39 is 6.04 Å². The van der Waals surface area contributed by atoms with Gasteiger partial charge in [-0.3, -0.25) is 4.79 Å². The van der Waals surface area contributed by atoms with Gasteiger partial charge in [0.05, 0.1) is 24.8 Å². The van der Waals surface area contributed by atoms with Crippen LogP contribution < -0.4 is 14.8 Å². The number of methoxy groups -OCH3 is 1. The van der Waals surface area contributed by atoms with E-state index in [2.05, 4.69) is 5.32 Å². The predicted molar refractivity (Wildman–Crippen MR) is 124 cm³/mol. The molecule has 1 heterocycles. The first kappa shape index (κ1) is 22.1. The van der Waals surface area contributed by atoms with Crippen LogP contribution in [0.2, 0.25) is 5.02 Å². The standard InChI is InChI=1S/C23H25ClN2O3S/c1-5-26-14(3)19(21(27)15-10-8-7-9-11-15)20(25-23(26)30)16-12-17(24)22(29-6-2)18(13-16)28-4/h7-13,20H,5-6H2,1-4H3,(H,25,30). The van der Waals surface area contributed by atoms with Gasteiger partial charge >= 0.3 is 0 Å². The van der Waals surface area contributed by atoms with Crippen molar-refractivity contribution in [1.82, 2.24) is 10.2 Å². The number of nitrogens with zero attached hydrogens (tertiary/aromatic N) is 1. The lowest BCUT2D eigenvalue weighted by molar-refractivity contribution is 0.102. The fraction of sp³-hybridized carbons (Fsp3) is 0.304. The van der Waals surface area contributed by atoms with E-state index in [0.29, 0.717) is 45.9 Å². The maximum absolute atomic E-state index is 13.5. The molecule has 1 N–H and O–H groups in total. The summed E-state index contributed by atoms with van der Waals surface area (Å²) in [6, 6.07) is 12.4. The minimum absolute atomic E-state index is 0.0597. The molecule has 0 bridgehead atoms. The Morgan fingerprint density at radius 3 is 2.53 bits per heavy atom. The normalized spacial score (nSPS) is 16.4. The second-order valence-electron chi connectivity index (χ2n) is 6.79. The molecule has 158 valence electrons. The first-order valence-corrected chi connectivity index (χ1v) is 10.6. The molecule has 5 nitrogen and oxygen atoms in total. The Labute approximate surface area is 187 Å². The molecule has 0 saturated heterocycles. The van der Waals surface area contributed by atoms with Gasteiger partial charge in [-0.15, -0.1) is 0 Å². The van der Waals surface area contributed by atoms with Crippen molar-refractivity contribution in [2.45, 2.75) is 26.8 Å². The lowest BCUT2D eigenvalue weighted by Crippen LogP contribution is -2.47. The molecule has 1 atom stereocenters. The molecule has 1 unspecified atom stereocenters. The zero-order chi connectivity index (χ0) is 21.8. The molecule has 0 fully saturated rings. The molecule has 3 rings (SSSR count). The smallest absolute Gasteiger partial charge is 0.193 e. The van der Waals surface area contributed by atoms with Gasteiger partial charge in [0.15, 0.2) is 22.4 Å². The van der Waals surface area contributed by atoms with Crippen molar-refractivity contribution < 1.29 is 14.3 Å². The Kier molecular flexibility index (Phi) is 7.00. The van der Waals surface area contributed by atoms with E-state index >= 15 is 0 Å². The topological polar surface area (TPSA) is 50.8 Å². The van der Waals surface area contributed by atoms with E-state index in [1.807, 2.05) is 62.1 Å². The number of ketones is 1. The van der Waals surface area contributed by atoms with Crippen molar-refractivity contribution in [3.8, 4) is 11.5 Å². The maximum Gasteiger partial charge on any atom is 0.193 e. The largest absolute Gasteiger partial charge is 0.493 e. The molecule has 2 aromatic rings. The van der Waals surface area contributed by atoms with Gasteiger partial charge in [-0.1, -0.05) is 41.9 Å². The van der Waals surface area contributed by atoms with Gasteiger partial charge < -0.3 is 19.7 Å². The highest BCUT2D eigenvalue weighted by Crippen LogP contribution is 2.41. The van der Waals surface area contributed by atoms with E-state index in [0.717, 1.165) is 11.3 Å². The van der Waals surface area contributed by atoms with Crippen molar-refractivity contribution in [1.29, 1.82) is 0 Å². The van der Waals surface area contributed by atoms with E-state index in [-0.39, 0.29) is 5.78 Å². The Bertz CT molecular complexity index is 991. The monoisotopic (exact) mass is 444 g/mol. The number of rotatable bonds is 7. The van der Waals surface area contributed by atoms with Crippen LogP contribution in [-0.4, -0.2) is 36.1 Å². The Morgan fingerprint density at radius 2 is 1.93 bits per heavy atom. The summed E-state index contributed by atoms with van der Waals surface area (Å²) in [5.74, 6) is 0.931. The molecule has 30 heavy (non-hydrogen) atoms. The average Bonchev–Trinajstić information content (AvgIpc) is 2.75. The first-order chi connectivity index (χ1) is 14.4. The van der Waals surface area contributed by atoms with Crippen molar-refractivity contribution >= 4 is 34.7 Å². The van der Waals surface area contributed by atoms with E-state index in [9.17, 15) is 4.79 Å². The molecule has 1 aliphatic rings. The van der Waals surface area contributed by atoms with Crippen LogP contribution >= 0.6 is 23.8 Å². The Balaban J connectivity index is 2.16. The van der Waals surface area contributed by atoms with Crippen LogP contribution in [-0.2, 0) is 0 Å². The zero-order valence-corrected chi connectivity index (χ0v) is 19.1. The van der Waals surface area contributed by atoms with Gasteiger partial charge in [0.25, 0.3) is 0 Å². The molecule has 0 aliphatic carbocycles. The molecule has 0 radical (unpaired) electrons. The van der Waals surface area contributed by atoms with Gasteiger partial charge in [0.2, 0.25) is 0 Å². The van der Waals surface area contributed by atoms with Crippen molar-refractivity contribution in [2.24, 2.45) is 0 Å². The molecular weight excluding hydrogens is 420 g/mol. The number of carbonyl (C=O) groups is 1. The molecule has 0 amide bonds. The first-order valence-electron chi connectivity index (χ1n) is 9.81. The van der Waals surface area contributed by atoms with Crippen LogP contribution in [0.4, 0.5) is 0 Å². The molecule has 1 aliphatic heterocycles. The third-order valence-electron chi connectivity index (χ3n) is 5.07. The maximum atomic E-state index is 13.5. The predicted octanol–water partition coefficient (Wildman–Crippen LogP) is 5.16. The second kappa shape index (κ2) is 9.49. The number of carbonyl (C=O) groups excluding carboxylic acids is 1. The van der Waals surface area contributed by atoms with E-state index in [1.165, 1.54) is 0 Å². The minimum atomic E-state index is -0.463. The number of halogens is 1. The summed E-state index contributed by atoms with van der Waals surface area (Å²) in [7, 11) is 1.56. The summed E-state index contributed by atoms with van der Waals surface area (Å²) in [5.41, 5.74) is 2.84. The summed E-state index contributed by atoms with van der Waals surface area (Å²) in [6.07, 6.45) is 0. The lowest BCUT2D eigenvalue weighted by Gasteiger charge is -2.37. The number of hydrogen-bond donors (Lipinski definition) is 1. The minimum Gasteiger partial charge on any atom is -0.493 e. The van der Waals surface area contributed by atoms with Crippen LogP contribution in [0.5, 0.6) is 11.5 Å². The Morgan fingerprint density at radius 1 is 1.23 bits per heavy atom. The molecular formula is C23H25ClN2O3S.